The molecule has 2 rings (SSSR count). The second-order valence-electron chi connectivity index (χ2n) is 4.72. The molecule has 0 aromatic carbocycles. The number of hydrogen-bond acceptors (Lipinski definition) is 5. The molecule has 0 spiro atoms. The van der Waals surface area contributed by atoms with Crippen molar-refractivity contribution in [3.05, 3.63) is 0 Å². The summed E-state index contributed by atoms with van der Waals surface area (Å²) in [6.45, 7) is 0. The van der Waals surface area contributed by atoms with Gasteiger partial charge in [0.25, 0.3) is 0 Å². The van der Waals surface area contributed by atoms with Crippen LogP contribution >= 0.6 is 11.8 Å². The van der Waals surface area contributed by atoms with Gasteiger partial charge in [0.1, 0.15) is 0 Å². The summed E-state index contributed by atoms with van der Waals surface area (Å²) in [5.74, 6) is 0.777. The first-order valence-electron chi connectivity index (χ1n) is 6.29. The highest BCUT2D eigenvalue weighted by Crippen LogP contribution is 2.33. The number of urea groups is 1. The van der Waals surface area contributed by atoms with Crippen molar-refractivity contribution in [2.45, 2.75) is 43.0 Å². The lowest BCUT2D eigenvalue weighted by molar-refractivity contribution is -0.133. The van der Waals surface area contributed by atoms with E-state index in [1.165, 1.54) is 0 Å². The van der Waals surface area contributed by atoms with Crippen LogP contribution in [0.5, 0.6) is 0 Å². The molecule has 2 fully saturated rings. The highest BCUT2D eigenvalue weighted by Gasteiger charge is 2.42. The summed E-state index contributed by atoms with van der Waals surface area (Å²) in [7, 11) is -0.687. The van der Waals surface area contributed by atoms with Gasteiger partial charge < -0.3 is 14.8 Å². The molecule has 0 aliphatic carbocycles. The van der Waals surface area contributed by atoms with Crippen molar-refractivity contribution in [3.63, 3.8) is 0 Å². The summed E-state index contributed by atoms with van der Waals surface area (Å²) < 4.78 is 4.94. The number of fused-ring (bicyclic) bond motifs is 1. The molecule has 2 N–H and O–H groups in total. The van der Waals surface area contributed by atoms with Crippen LogP contribution in [-0.2, 0) is 29.9 Å². The monoisotopic (exact) mass is 322 g/mol. The van der Waals surface area contributed by atoms with E-state index in [0.717, 1.165) is 25.0 Å². The van der Waals surface area contributed by atoms with Crippen LogP contribution in [0.4, 0.5) is 4.79 Å². The second-order valence-corrected chi connectivity index (χ2v) is 8.37. The topological polar surface area (TPSA) is 67.4 Å². The molecule has 0 aromatic rings. The first-order chi connectivity index (χ1) is 9.06. The summed E-state index contributed by atoms with van der Waals surface area (Å²) in [4.78, 5) is 22.5. The third-order valence-electron chi connectivity index (χ3n) is 3.27. The number of thioether (sulfide) groups is 1. The Balaban J connectivity index is 1.63. The van der Waals surface area contributed by atoms with E-state index in [1.807, 2.05) is 11.8 Å². The van der Waals surface area contributed by atoms with Gasteiger partial charge in [-0.2, -0.15) is 11.8 Å². The van der Waals surface area contributed by atoms with Crippen LogP contribution < -0.4 is 10.6 Å². The van der Waals surface area contributed by atoms with E-state index in [4.69, 9.17) is 15.4 Å². The Hall–Kier alpha value is -0.340. The Morgan fingerprint density at radius 2 is 2.32 bits per heavy atom. The molecule has 5 nitrogen and oxygen atoms in total. The van der Waals surface area contributed by atoms with Crippen LogP contribution in [0.3, 0.4) is 0 Å². The zero-order chi connectivity index (χ0) is 13.8. The van der Waals surface area contributed by atoms with Gasteiger partial charge in [0.05, 0.1) is 21.8 Å². The molecule has 4 atom stereocenters. The number of carbonyl (C=O) groups excluding carboxylic acids is 2. The van der Waals surface area contributed by atoms with Crippen LogP contribution in [0.15, 0.2) is 0 Å². The van der Waals surface area contributed by atoms with Gasteiger partial charge in [-0.1, -0.05) is 6.42 Å². The van der Waals surface area contributed by atoms with Crippen LogP contribution in [0.2, 0.25) is 0 Å². The largest absolute Gasteiger partial charge is 0.390 e. The minimum absolute atomic E-state index is 0.0516. The Morgan fingerprint density at radius 1 is 1.53 bits per heavy atom. The molecule has 19 heavy (non-hydrogen) atoms. The Labute approximate surface area is 124 Å². The summed E-state index contributed by atoms with van der Waals surface area (Å²) in [6, 6.07) is 0.470. The number of nitrogens with one attached hydrogen (secondary N) is 2. The summed E-state index contributed by atoms with van der Waals surface area (Å²) in [6.07, 6.45) is 4.96. The molecular formula is C11H18N2O3S3. The number of rotatable bonds is 6. The first-order valence-corrected chi connectivity index (χ1v) is 9.82. The maximum Gasteiger partial charge on any atom is 0.318 e. The van der Waals surface area contributed by atoms with Gasteiger partial charge in [0, 0.05) is 23.7 Å². The minimum Gasteiger partial charge on any atom is -0.390 e. The molecule has 0 bridgehead atoms. The maximum absolute atomic E-state index is 11.3. The molecule has 4 unspecified atom stereocenters. The fraction of sp³-hybridized carbons (Fsp3) is 0.818. The molecule has 2 aliphatic heterocycles. The summed E-state index contributed by atoms with van der Waals surface area (Å²) in [5.41, 5.74) is 0. The number of unbranched alkanes of at least 4 members (excludes halogenated alkanes) is 1. The lowest BCUT2D eigenvalue weighted by Crippen LogP contribution is -2.36. The molecule has 2 heterocycles. The van der Waals surface area contributed by atoms with Crippen molar-refractivity contribution in [1.29, 1.82) is 0 Å². The van der Waals surface area contributed by atoms with Crippen molar-refractivity contribution in [2.24, 2.45) is 0 Å². The molecular weight excluding hydrogens is 304 g/mol. The van der Waals surface area contributed by atoms with Gasteiger partial charge in [-0.15, -0.1) is 0 Å². The zero-order valence-electron chi connectivity index (χ0n) is 10.7. The predicted octanol–water partition coefficient (Wildman–Crippen LogP) is 0.880. The van der Waals surface area contributed by atoms with Gasteiger partial charge in [0.2, 0.25) is 0 Å². The predicted molar refractivity (Wildman–Crippen MR) is 80.7 cm³/mol. The molecule has 2 amide bonds. The molecule has 2 aliphatic rings. The average molecular weight is 322 g/mol. The van der Waals surface area contributed by atoms with Gasteiger partial charge in [-0.05, 0) is 24.0 Å². The normalized spacial score (nSPS) is 30.4. The highest BCUT2D eigenvalue weighted by molar-refractivity contribution is 8.26. The number of carbonyl (C=O) groups is 2. The third-order valence-corrected chi connectivity index (χ3v) is 5.40. The van der Waals surface area contributed by atoms with Crippen molar-refractivity contribution in [3.8, 4) is 0 Å². The third kappa shape index (κ3) is 4.32. The smallest absolute Gasteiger partial charge is 0.318 e. The quantitative estimate of drug-likeness (QED) is 0.561. The van der Waals surface area contributed by atoms with Crippen LogP contribution in [0.25, 0.3) is 0 Å². The van der Waals surface area contributed by atoms with Gasteiger partial charge in [-0.3, -0.25) is 4.79 Å². The lowest BCUT2D eigenvalue weighted by atomic mass is 10.0. The second kappa shape index (κ2) is 6.90. The van der Waals surface area contributed by atoms with E-state index in [0.29, 0.717) is 11.7 Å². The zero-order valence-corrected chi connectivity index (χ0v) is 13.2. The lowest BCUT2D eigenvalue weighted by Gasteiger charge is -2.16. The van der Waals surface area contributed by atoms with E-state index < -0.39 is 9.74 Å². The van der Waals surface area contributed by atoms with E-state index in [1.54, 1.807) is 6.26 Å². The van der Waals surface area contributed by atoms with Gasteiger partial charge in [0.15, 0.2) is 0 Å². The fourth-order valence-corrected chi connectivity index (χ4v) is 4.55. The summed E-state index contributed by atoms with van der Waals surface area (Å²) in [5, 5.41) is 6.34. The van der Waals surface area contributed by atoms with Gasteiger partial charge in [-0.25, -0.2) is 4.79 Å². The molecule has 108 valence electrons. The van der Waals surface area contributed by atoms with Gasteiger partial charge >= 0.3 is 12.0 Å². The number of hydrogen-bond donors (Lipinski definition) is 2. The Kier molecular flexibility index (Phi) is 5.47. The van der Waals surface area contributed by atoms with Crippen LogP contribution in [-0.4, -0.2) is 41.3 Å². The summed E-state index contributed by atoms with van der Waals surface area (Å²) >= 11 is 6.71. The van der Waals surface area contributed by atoms with E-state index in [-0.39, 0.29) is 24.1 Å². The highest BCUT2D eigenvalue weighted by atomic mass is 32.8. The van der Waals surface area contributed by atoms with Crippen LogP contribution in [0.1, 0.15) is 25.7 Å². The standard InChI is InChI=1S/C11H18N2O3S3/c1-19(17)16-9(14)5-3-2-4-8-10-7(6-18-8)12-11(15)13-10/h7-8,10H,2-6H2,1H3,(H2,12,13,15). The van der Waals surface area contributed by atoms with E-state index in [9.17, 15) is 9.59 Å². The molecule has 8 heteroatoms. The Bertz CT molecular complexity index is 391. The molecule has 0 radical (unpaired) electrons. The van der Waals surface area contributed by atoms with Crippen molar-refractivity contribution in [1.82, 2.24) is 10.6 Å². The molecule has 0 aromatic heterocycles. The maximum atomic E-state index is 11.3. The fourth-order valence-electron chi connectivity index (χ4n) is 2.43. The van der Waals surface area contributed by atoms with Crippen LogP contribution in [0, 0.1) is 0 Å². The minimum atomic E-state index is -0.687. The number of amides is 2. The van der Waals surface area contributed by atoms with E-state index >= 15 is 0 Å². The van der Waals surface area contributed by atoms with Crippen molar-refractivity contribution >= 4 is 44.7 Å². The van der Waals surface area contributed by atoms with E-state index in [2.05, 4.69) is 10.6 Å². The molecule has 2 saturated heterocycles. The molecule has 0 saturated carbocycles. The average Bonchev–Trinajstić information content (AvgIpc) is 2.83. The van der Waals surface area contributed by atoms with Crippen molar-refractivity contribution < 1.29 is 13.8 Å². The first kappa shape index (κ1) is 15.1. The Morgan fingerprint density at radius 3 is 3.05 bits per heavy atom. The SMILES string of the molecule is CS(=S)OC(=O)CCCCC1SCC2NC(=O)NC21. The van der Waals surface area contributed by atoms with Crippen molar-refractivity contribution in [2.75, 3.05) is 12.0 Å².